The fourth-order valence-corrected chi connectivity index (χ4v) is 2.74. The molecule has 110 valence electrons. The fourth-order valence-electron chi connectivity index (χ4n) is 2.56. The van der Waals surface area contributed by atoms with E-state index in [1.54, 1.807) is 0 Å². The lowest BCUT2D eigenvalue weighted by atomic mass is 9.90. The highest BCUT2D eigenvalue weighted by Crippen LogP contribution is 2.28. The molecule has 3 N–H and O–H groups in total. The van der Waals surface area contributed by atoms with E-state index in [1.165, 1.54) is 0 Å². The second kappa shape index (κ2) is 6.12. The zero-order valence-corrected chi connectivity index (χ0v) is 12.8. The number of benzene rings is 1. The van der Waals surface area contributed by atoms with Gasteiger partial charge in [0.15, 0.2) is 0 Å². The maximum Gasteiger partial charge on any atom is 0.238 e. The lowest BCUT2D eigenvalue weighted by Crippen LogP contribution is -2.35. The molecular weight excluding hydrogens is 274 g/mol. The lowest BCUT2D eigenvalue weighted by Gasteiger charge is -2.22. The monoisotopic (exact) mass is 295 g/mol. The second-order valence-corrected chi connectivity index (χ2v) is 6.34. The van der Waals surface area contributed by atoms with Crippen molar-refractivity contribution in [2.45, 2.75) is 20.3 Å². The second-order valence-electron chi connectivity index (χ2n) is 5.94. The molecule has 5 heteroatoms. The maximum absolute atomic E-state index is 12.1. The Balaban J connectivity index is 1.92. The smallest absolute Gasteiger partial charge is 0.238 e. The van der Waals surface area contributed by atoms with Crippen molar-refractivity contribution in [2.24, 2.45) is 11.1 Å². The Bertz CT molecular complexity index is 506. The van der Waals surface area contributed by atoms with Crippen molar-refractivity contribution in [1.29, 1.82) is 0 Å². The molecule has 1 aliphatic heterocycles. The number of nitrogens with two attached hydrogens (primary N) is 1. The SMILES string of the molecule is Cc1c(Cl)cccc1NC(=O)CN1CCC(C)(CN)C1. The molecule has 20 heavy (non-hydrogen) atoms. The quantitative estimate of drug-likeness (QED) is 0.896. The van der Waals surface area contributed by atoms with Gasteiger partial charge in [-0.1, -0.05) is 24.6 Å². The van der Waals surface area contributed by atoms with Crippen LogP contribution in [-0.2, 0) is 4.79 Å². The van der Waals surface area contributed by atoms with Gasteiger partial charge in [-0.3, -0.25) is 9.69 Å². The summed E-state index contributed by atoms with van der Waals surface area (Å²) >= 11 is 6.05. The summed E-state index contributed by atoms with van der Waals surface area (Å²) in [6.45, 7) is 6.95. The van der Waals surface area contributed by atoms with Crippen molar-refractivity contribution in [2.75, 3.05) is 31.5 Å². The molecule has 1 saturated heterocycles. The third-order valence-corrected chi connectivity index (χ3v) is 4.45. The standard InChI is InChI=1S/C15H22ClN3O/c1-11-12(16)4-3-5-13(11)18-14(20)8-19-7-6-15(2,9-17)10-19/h3-5H,6-10,17H2,1-2H3,(H,18,20). The van der Waals surface area contributed by atoms with Gasteiger partial charge >= 0.3 is 0 Å². The van der Waals surface area contributed by atoms with Crippen LogP contribution >= 0.6 is 11.6 Å². The van der Waals surface area contributed by atoms with E-state index in [2.05, 4.69) is 17.1 Å². The molecule has 0 radical (unpaired) electrons. The maximum atomic E-state index is 12.1. The summed E-state index contributed by atoms with van der Waals surface area (Å²) in [5, 5.41) is 3.59. The highest BCUT2D eigenvalue weighted by molar-refractivity contribution is 6.31. The number of nitrogens with zero attached hydrogens (tertiary/aromatic N) is 1. The van der Waals surface area contributed by atoms with E-state index in [-0.39, 0.29) is 11.3 Å². The first kappa shape index (κ1) is 15.3. The molecular formula is C15H22ClN3O. The number of hydrogen-bond acceptors (Lipinski definition) is 3. The highest BCUT2D eigenvalue weighted by atomic mass is 35.5. The number of likely N-dealkylation sites (tertiary alicyclic amines) is 1. The molecule has 1 amide bonds. The Morgan fingerprint density at radius 1 is 1.55 bits per heavy atom. The average molecular weight is 296 g/mol. The highest BCUT2D eigenvalue weighted by Gasteiger charge is 2.33. The van der Waals surface area contributed by atoms with Gasteiger partial charge in [-0.05, 0) is 49.5 Å². The third-order valence-electron chi connectivity index (χ3n) is 4.04. The molecule has 2 rings (SSSR count). The predicted molar refractivity (Wildman–Crippen MR) is 83.0 cm³/mol. The van der Waals surface area contributed by atoms with Crippen molar-refractivity contribution >= 4 is 23.2 Å². The summed E-state index contributed by atoms with van der Waals surface area (Å²) < 4.78 is 0. The van der Waals surface area contributed by atoms with E-state index in [1.807, 2.05) is 25.1 Å². The summed E-state index contributed by atoms with van der Waals surface area (Å²) in [6.07, 6.45) is 1.05. The van der Waals surface area contributed by atoms with Crippen molar-refractivity contribution in [1.82, 2.24) is 4.90 Å². The van der Waals surface area contributed by atoms with Gasteiger partial charge in [-0.2, -0.15) is 0 Å². The normalized spacial score (nSPS) is 23.0. The van der Waals surface area contributed by atoms with Crippen molar-refractivity contribution in [3.05, 3.63) is 28.8 Å². The Morgan fingerprint density at radius 2 is 2.30 bits per heavy atom. The third kappa shape index (κ3) is 3.51. The first-order chi connectivity index (χ1) is 9.43. The first-order valence-electron chi connectivity index (χ1n) is 6.91. The summed E-state index contributed by atoms with van der Waals surface area (Å²) in [5.74, 6) is -0.00311. The minimum Gasteiger partial charge on any atom is -0.330 e. The molecule has 1 aliphatic rings. The number of amides is 1. The van der Waals surface area contributed by atoms with Crippen LogP contribution in [-0.4, -0.2) is 37.0 Å². The Labute approximate surface area is 125 Å². The molecule has 0 saturated carbocycles. The Hall–Kier alpha value is -1.10. The number of nitrogens with one attached hydrogen (secondary N) is 1. The number of carbonyl (C=O) groups is 1. The van der Waals surface area contributed by atoms with Gasteiger partial charge in [0.2, 0.25) is 5.91 Å². The molecule has 0 aromatic heterocycles. The summed E-state index contributed by atoms with van der Waals surface area (Å²) in [6, 6.07) is 5.53. The number of halogens is 1. The summed E-state index contributed by atoms with van der Waals surface area (Å²) in [5.41, 5.74) is 7.60. The molecule has 1 aromatic carbocycles. The van der Waals surface area contributed by atoms with Gasteiger partial charge in [0.25, 0.3) is 0 Å². The zero-order chi connectivity index (χ0) is 14.8. The lowest BCUT2D eigenvalue weighted by molar-refractivity contribution is -0.117. The van der Waals surface area contributed by atoms with Crippen LogP contribution in [0.25, 0.3) is 0 Å². The number of hydrogen-bond donors (Lipinski definition) is 2. The van der Waals surface area contributed by atoms with Crippen LogP contribution in [0.1, 0.15) is 18.9 Å². The number of rotatable bonds is 4. The first-order valence-corrected chi connectivity index (χ1v) is 7.29. The predicted octanol–water partition coefficient (Wildman–Crippen LogP) is 2.26. The molecule has 0 aliphatic carbocycles. The number of carbonyl (C=O) groups excluding carboxylic acids is 1. The summed E-state index contributed by atoms with van der Waals surface area (Å²) in [4.78, 5) is 14.3. The molecule has 1 fully saturated rings. The van der Waals surface area contributed by atoms with Crippen LogP contribution in [0.3, 0.4) is 0 Å². The zero-order valence-electron chi connectivity index (χ0n) is 12.1. The van der Waals surface area contributed by atoms with Crippen LogP contribution in [0.2, 0.25) is 5.02 Å². The average Bonchev–Trinajstić information content (AvgIpc) is 2.77. The van der Waals surface area contributed by atoms with Crippen LogP contribution < -0.4 is 11.1 Å². The van der Waals surface area contributed by atoms with E-state index < -0.39 is 0 Å². The van der Waals surface area contributed by atoms with E-state index in [4.69, 9.17) is 17.3 Å². The van der Waals surface area contributed by atoms with Crippen LogP contribution in [0.15, 0.2) is 18.2 Å². The van der Waals surface area contributed by atoms with Crippen molar-refractivity contribution in [3.8, 4) is 0 Å². The minimum atomic E-state index is -0.00311. The van der Waals surface area contributed by atoms with Crippen molar-refractivity contribution in [3.63, 3.8) is 0 Å². The van der Waals surface area contributed by atoms with Gasteiger partial charge in [0, 0.05) is 17.3 Å². The van der Waals surface area contributed by atoms with Gasteiger partial charge in [-0.15, -0.1) is 0 Å². The molecule has 1 heterocycles. The van der Waals surface area contributed by atoms with Crippen LogP contribution in [0, 0.1) is 12.3 Å². The van der Waals surface area contributed by atoms with E-state index in [0.29, 0.717) is 18.1 Å². The van der Waals surface area contributed by atoms with Gasteiger partial charge < -0.3 is 11.1 Å². The van der Waals surface area contributed by atoms with E-state index in [0.717, 1.165) is 30.8 Å². The largest absolute Gasteiger partial charge is 0.330 e. The van der Waals surface area contributed by atoms with E-state index in [9.17, 15) is 4.79 Å². The molecule has 0 bridgehead atoms. The van der Waals surface area contributed by atoms with Gasteiger partial charge in [0.05, 0.1) is 6.54 Å². The van der Waals surface area contributed by atoms with Crippen LogP contribution in [0.5, 0.6) is 0 Å². The Kier molecular flexibility index (Phi) is 4.68. The van der Waals surface area contributed by atoms with Gasteiger partial charge in [-0.25, -0.2) is 0 Å². The topological polar surface area (TPSA) is 58.4 Å². The number of anilines is 1. The molecule has 4 nitrogen and oxygen atoms in total. The minimum absolute atomic E-state index is 0.00311. The van der Waals surface area contributed by atoms with Gasteiger partial charge in [0.1, 0.15) is 0 Å². The molecule has 0 spiro atoms. The van der Waals surface area contributed by atoms with E-state index >= 15 is 0 Å². The molecule has 1 aromatic rings. The fraction of sp³-hybridized carbons (Fsp3) is 0.533. The molecule has 1 unspecified atom stereocenters. The summed E-state index contributed by atoms with van der Waals surface area (Å²) in [7, 11) is 0. The Morgan fingerprint density at radius 3 is 2.95 bits per heavy atom. The molecule has 1 atom stereocenters. The van der Waals surface area contributed by atoms with Crippen LogP contribution in [0.4, 0.5) is 5.69 Å². The van der Waals surface area contributed by atoms with Crippen molar-refractivity contribution < 1.29 is 4.79 Å².